The van der Waals surface area contributed by atoms with Crippen LogP contribution in [0.25, 0.3) is 0 Å². The Bertz CT molecular complexity index is 591. The van der Waals surface area contributed by atoms with Crippen LogP contribution in [0.15, 0.2) is 18.2 Å². The predicted octanol–water partition coefficient (Wildman–Crippen LogP) is 3.62. The Kier molecular flexibility index (Phi) is 7.29. The number of anilines is 2. The Morgan fingerprint density at radius 3 is 2.36 bits per heavy atom. The summed E-state index contributed by atoms with van der Waals surface area (Å²) in [4.78, 5) is 26.5. The molecule has 2 rings (SSSR count). The van der Waals surface area contributed by atoms with Crippen molar-refractivity contribution in [3.8, 4) is 0 Å². The highest BCUT2D eigenvalue weighted by atomic mass is 16.2. The molecule has 2 amide bonds. The fourth-order valence-corrected chi connectivity index (χ4v) is 3.44. The third-order valence-corrected chi connectivity index (χ3v) is 4.90. The summed E-state index contributed by atoms with van der Waals surface area (Å²) in [6, 6.07) is 6.24. The average Bonchev–Trinajstić information content (AvgIpc) is 2.59. The molecule has 1 aliphatic carbocycles. The quantitative estimate of drug-likeness (QED) is 0.742. The lowest BCUT2D eigenvalue weighted by Gasteiger charge is -2.23. The Hall–Kier alpha value is -2.04. The molecule has 0 unspecified atom stereocenters. The van der Waals surface area contributed by atoms with Gasteiger partial charge >= 0.3 is 0 Å². The number of nitrogens with one attached hydrogen (secondary N) is 2. The summed E-state index contributed by atoms with van der Waals surface area (Å²) in [6.07, 6.45) is 5.51. The van der Waals surface area contributed by atoms with Gasteiger partial charge in [-0.3, -0.25) is 9.59 Å². The van der Waals surface area contributed by atoms with E-state index in [1.54, 1.807) is 0 Å². The minimum Gasteiger partial charge on any atom is -0.372 e. The van der Waals surface area contributed by atoms with Crippen LogP contribution in [0.1, 0.15) is 57.9 Å². The van der Waals surface area contributed by atoms with Crippen LogP contribution >= 0.6 is 0 Å². The molecule has 0 bridgehead atoms. The zero-order valence-electron chi connectivity index (χ0n) is 15.7. The van der Waals surface area contributed by atoms with Gasteiger partial charge in [-0.15, -0.1) is 0 Å². The molecule has 1 aliphatic rings. The van der Waals surface area contributed by atoms with E-state index in [1.165, 1.54) is 6.42 Å². The minimum absolute atomic E-state index is 0.117. The predicted molar refractivity (Wildman–Crippen MR) is 103 cm³/mol. The van der Waals surface area contributed by atoms with Crippen LogP contribution in [-0.2, 0) is 9.59 Å². The van der Waals surface area contributed by atoms with Gasteiger partial charge in [0.25, 0.3) is 0 Å². The van der Waals surface area contributed by atoms with Gasteiger partial charge in [0, 0.05) is 30.5 Å². The number of aryl methyl sites for hydroxylation is 1. The van der Waals surface area contributed by atoms with Gasteiger partial charge in [0.1, 0.15) is 6.42 Å². The van der Waals surface area contributed by atoms with Gasteiger partial charge in [0.15, 0.2) is 0 Å². The molecule has 0 aromatic heterocycles. The number of nitrogens with zero attached hydrogens (tertiary/aromatic N) is 1. The van der Waals surface area contributed by atoms with E-state index in [0.717, 1.165) is 55.7 Å². The van der Waals surface area contributed by atoms with Crippen molar-refractivity contribution in [2.45, 2.75) is 65.3 Å². The number of carbonyl (C=O) groups is 2. The van der Waals surface area contributed by atoms with Gasteiger partial charge < -0.3 is 15.5 Å². The van der Waals surface area contributed by atoms with E-state index in [4.69, 9.17) is 0 Å². The van der Waals surface area contributed by atoms with Crippen molar-refractivity contribution in [1.82, 2.24) is 5.32 Å². The number of rotatable bonds is 7. The second-order valence-electron chi connectivity index (χ2n) is 6.80. The molecule has 1 aromatic carbocycles. The molecule has 0 saturated heterocycles. The van der Waals surface area contributed by atoms with E-state index in [-0.39, 0.29) is 24.3 Å². The van der Waals surface area contributed by atoms with Gasteiger partial charge in [-0.25, -0.2) is 0 Å². The average molecular weight is 345 g/mol. The number of hydrogen-bond donors (Lipinski definition) is 2. The second-order valence-corrected chi connectivity index (χ2v) is 6.80. The summed E-state index contributed by atoms with van der Waals surface area (Å²) in [5, 5.41) is 5.85. The summed E-state index contributed by atoms with van der Waals surface area (Å²) in [5.74, 6) is -0.436. The topological polar surface area (TPSA) is 61.4 Å². The van der Waals surface area contributed by atoms with Crippen molar-refractivity contribution in [1.29, 1.82) is 0 Å². The lowest BCUT2D eigenvalue weighted by Crippen LogP contribution is -2.37. The van der Waals surface area contributed by atoms with E-state index >= 15 is 0 Å². The van der Waals surface area contributed by atoms with Crippen LogP contribution in [0.4, 0.5) is 11.4 Å². The minimum atomic E-state index is -0.257. The molecule has 0 heterocycles. The van der Waals surface area contributed by atoms with Crippen molar-refractivity contribution < 1.29 is 9.59 Å². The van der Waals surface area contributed by atoms with Crippen molar-refractivity contribution in [2.75, 3.05) is 23.3 Å². The van der Waals surface area contributed by atoms with Crippen molar-refractivity contribution >= 4 is 23.2 Å². The highest BCUT2D eigenvalue weighted by Crippen LogP contribution is 2.23. The Morgan fingerprint density at radius 1 is 1.08 bits per heavy atom. The fourth-order valence-electron chi connectivity index (χ4n) is 3.44. The molecule has 2 N–H and O–H groups in total. The first kappa shape index (κ1) is 19.3. The molecule has 138 valence electrons. The van der Waals surface area contributed by atoms with Crippen LogP contribution in [0.5, 0.6) is 0 Å². The first-order valence-electron chi connectivity index (χ1n) is 9.48. The molecule has 1 aromatic rings. The lowest BCUT2D eigenvalue weighted by atomic mass is 9.95. The van der Waals surface area contributed by atoms with Crippen LogP contribution in [0.3, 0.4) is 0 Å². The third-order valence-electron chi connectivity index (χ3n) is 4.90. The molecule has 25 heavy (non-hydrogen) atoms. The zero-order chi connectivity index (χ0) is 18.2. The molecule has 5 nitrogen and oxygen atoms in total. The number of benzene rings is 1. The number of carbonyl (C=O) groups excluding carboxylic acids is 2. The van der Waals surface area contributed by atoms with Crippen LogP contribution < -0.4 is 15.5 Å². The Labute approximate surface area is 151 Å². The van der Waals surface area contributed by atoms with Gasteiger partial charge in [-0.05, 0) is 57.4 Å². The molecular formula is C20H31N3O2. The SMILES string of the molecule is CCN(CC)c1ccc(NC(=O)CC(=O)NC2CCCCC2)c(C)c1. The Balaban J connectivity index is 1.88. The first-order valence-corrected chi connectivity index (χ1v) is 9.48. The largest absolute Gasteiger partial charge is 0.372 e. The number of hydrogen-bond acceptors (Lipinski definition) is 3. The molecule has 1 fully saturated rings. The first-order chi connectivity index (χ1) is 12.0. The molecule has 0 spiro atoms. The van der Waals surface area contributed by atoms with E-state index < -0.39 is 0 Å². The van der Waals surface area contributed by atoms with Crippen LogP contribution in [0.2, 0.25) is 0 Å². The second kappa shape index (κ2) is 9.44. The monoisotopic (exact) mass is 345 g/mol. The molecular weight excluding hydrogens is 314 g/mol. The zero-order valence-corrected chi connectivity index (χ0v) is 15.7. The molecule has 0 radical (unpaired) electrons. The Morgan fingerprint density at radius 2 is 1.76 bits per heavy atom. The van der Waals surface area contributed by atoms with Crippen LogP contribution in [0, 0.1) is 6.92 Å². The van der Waals surface area contributed by atoms with Gasteiger partial charge in [0.2, 0.25) is 11.8 Å². The van der Waals surface area contributed by atoms with E-state index in [9.17, 15) is 9.59 Å². The maximum atomic E-state index is 12.2. The van der Waals surface area contributed by atoms with Gasteiger partial charge in [0.05, 0.1) is 0 Å². The van der Waals surface area contributed by atoms with E-state index in [0.29, 0.717) is 0 Å². The summed E-state index contributed by atoms with van der Waals surface area (Å²) in [7, 11) is 0. The summed E-state index contributed by atoms with van der Waals surface area (Å²) >= 11 is 0. The summed E-state index contributed by atoms with van der Waals surface area (Å²) < 4.78 is 0. The van der Waals surface area contributed by atoms with Crippen molar-refractivity contribution in [3.63, 3.8) is 0 Å². The smallest absolute Gasteiger partial charge is 0.233 e. The van der Waals surface area contributed by atoms with E-state index in [2.05, 4.69) is 35.4 Å². The maximum absolute atomic E-state index is 12.2. The normalized spacial score (nSPS) is 14.8. The summed E-state index contributed by atoms with van der Waals surface area (Å²) in [5.41, 5.74) is 2.92. The fraction of sp³-hybridized carbons (Fsp3) is 0.600. The molecule has 1 saturated carbocycles. The number of amides is 2. The van der Waals surface area contributed by atoms with Gasteiger partial charge in [-0.2, -0.15) is 0 Å². The van der Waals surface area contributed by atoms with Crippen molar-refractivity contribution in [3.05, 3.63) is 23.8 Å². The lowest BCUT2D eigenvalue weighted by molar-refractivity contribution is -0.127. The van der Waals surface area contributed by atoms with E-state index in [1.807, 2.05) is 19.1 Å². The molecule has 0 atom stereocenters. The highest BCUT2D eigenvalue weighted by Gasteiger charge is 2.18. The van der Waals surface area contributed by atoms with Crippen molar-refractivity contribution in [2.24, 2.45) is 0 Å². The maximum Gasteiger partial charge on any atom is 0.233 e. The molecule has 5 heteroatoms. The third kappa shape index (κ3) is 5.76. The van der Waals surface area contributed by atoms with Gasteiger partial charge in [-0.1, -0.05) is 19.3 Å². The highest BCUT2D eigenvalue weighted by molar-refractivity contribution is 6.04. The molecule has 0 aliphatic heterocycles. The van der Waals surface area contributed by atoms with Crippen LogP contribution in [-0.4, -0.2) is 30.9 Å². The summed E-state index contributed by atoms with van der Waals surface area (Å²) in [6.45, 7) is 8.12. The standard InChI is InChI=1S/C20H31N3O2/c1-4-23(5-2)17-11-12-18(15(3)13-17)22-20(25)14-19(24)21-16-9-7-6-8-10-16/h11-13,16H,4-10,14H2,1-3H3,(H,21,24)(H,22,25).